The molecule has 2 aromatic rings. The van der Waals surface area contributed by atoms with Crippen LogP contribution in [0, 0.1) is 0 Å². The third-order valence-electron chi connectivity index (χ3n) is 4.07. The van der Waals surface area contributed by atoms with E-state index in [1.54, 1.807) is 7.11 Å². The minimum atomic E-state index is -0.509. The van der Waals surface area contributed by atoms with E-state index in [0.29, 0.717) is 19.1 Å². The van der Waals surface area contributed by atoms with Gasteiger partial charge in [0.15, 0.2) is 0 Å². The molecule has 0 bridgehead atoms. The maximum absolute atomic E-state index is 10.1. The van der Waals surface area contributed by atoms with Gasteiger partial charge in [0.2, 0.25) is 0 Å². The monoisotopic (exact) mass is 286 g/mol. The molecule has 1 aliphatic carbocycles. The lowest BCUT2D eigenvalue weighted by Crippen LogP contribution is -2.23. The largest absolute Gasteiger partial charge is 0.389 e. The number of allylic oxidation sites excluding steroid dienone is 2. The molecule has 0 saturated heterocycles. The van der Waals surface area contributed by atoms with Crippen LogP contribution in [0.15, 0.2) is 36.4 Å². The Hall–Kier alpha value is -1.65. The Labute approximate surface area is 125 Å². The first-order valence-electron chi connectivity index (χ1n) is 7.56. The van der Waals surface area contributed by atoms with Gasteiger partial charge in [-0.2, -0.15) is 0 Å². The average Bonchev–Trinajstić information content (AvgIpc) is 2.87. The summed E-state index contributed by atoms with van der Waals surface area (Å²) >= 11 is 0. The minimum absolute atomic E-state index is 0.344. The summed E-state index contributed by atoms with van der Waals surface area (Å²) < 4.78 is 7.22. The molecule has 0 saturated carbocycles. The second-order valence-corrected chi connectivity index (χ2v) is 5.66. The van der Waals surface area contributed by atoms with Gasteiger partial charge in [-0.1, -0.05) is 24.3 Å². The Balaban J connectivity index is 1.99. The number of para-hydroxylation sites is 2. The van der Waals surface area contributed by atoms with Crippen LogP contribution in [0.25, 0.3) is 11.0 Å². The Kier molecular flexibility index (Phi) is 4.36. The van der Waals surface area contributed by atoms with E-state index in [2.05, 4.69) is 22.8 Å². The van der Waals surface area contributed by atoms with Gasteiger partial charge >= 0.3 is 0 Å². The molecule has 0 radical (unpaired) electrons. The highest BCUT2D eigenvalue weighted by molar-refractivity contribution is 5.76. The summed E-state index contributed by atoms with van der Waals surface area (Å²) in [6.45, 7) is 0.875. The predicted octanol–water partition coefficient (Wildman–Crippen LogP) is 2.87. The molecule has 3 rings (SSSR count). The Morgan fingerprint density at radius 1 is 1.38 bits per heavy atom. The molecule has 1 aromatic carbocycles. The van der Waals surface area contributed by atoms with E-state index < -0.39 is 6.10 Å². The van der Waals surface area contributed by atoms with Crippen LogP contribution in [0.2, 0.25) is 0 Å². The SMILES string of the molecule is COC[C@H](O)Cn1c(C2CC=CCC2)nc2ccccc21. The number of benzene rings is 1. The molecule has 0 aliphatic heterocycles. The highest BCUT2D eigenvalue weighted by atomic mass is 16.5. The third-order valence-corrected chi connectivity index (χ3v) is 4.07. The lowest BCUT2D eigenvalue weighted by molar-refractivity contribution is 0.0536. The zero-order valence-electron chi connectivity index (χ0n) is 12.4. The summed E-state index contributed by atoms with van der Waals surface area (Å²) in [5.74, 6) is 1.54. The number of aromatic nitrogens is 2. The number of hydrogen-bond donors (Lipinski definition) is 1. The van der Waals surface area contributed by atoms with E-state index in [9.17, 15) is 5.11 Å². The second kappa shape index (κ2) is 6.41. The van der Waals surface area contributed by atoms with E-state index in [1.807, 2.05) is 18.2 Å². The van der Waals surface area contributed by atoms with Crippen molar-refractivity contribution in [3.63, 3.8) is 0 Å². The molecule has 0 fully saturated rings. The standard InChI is InChI=1S/C17H22N2O2/c1-21-12-14(20)11-19-16-10-6-5-9-15(16)18-17(19)13-7-3-2-4-8-13/h2-3,5-6,9-10,13-14,20H,4,7-8,11-12H2,1H3/t13?,14-/m1/s1. The van der Waals surface area contributed by atoms with Crippen LogP contribution in [0.1, 0.15) is 31.0 Å². The van der Waals surface area contributed by atoms with Crippen molar-refractivity contribution < 1.29 is 9.84 Å². The van der Waals surface area contributed by atoms with Crippen LogP contribution in [-0.4, -0.2) is 34.5 Å². The first-order valence-corrected chi connectivity index (χ1v) is 7.56. The van der Waals surface area contributed by atoms with Gasteiger partial charge in [-0.25, -0.2) is 4.98 Å². The summed E-state index contributed by atoms with van der Waals surface area (Å²) in [5.41, 5.74) is 2.10. The van der Waals surface area contributed by atoms with Crippen LogP contribution < -0.4 is 0 Å². The molecule has 1 unspecified atom stereocenters. The van der Waals surface area contributed by atoms with Crippen molar-refractivity contribution in [2.45, 2.75) is 37.8 Å². The highest BCUT2D eigenvalue weighted by Crippen LogP contribution is 2.31. The number of aliphatic hydroxyl groups is 1. The van der Waals surface area contributed by atoms with Gasteiger partial charge in [-0.05, 0) is 31.4 Å². The molecule has 1 heterocycles. The maximum Gasteiger partial charge on any atom is 0.113 e. The van der Waals surface area contributed by atoms with Crippen molar-refractivity contribution in [2.24, 2.45) is 0 Å². The van der Waals surface area contributed by atoms with Crippen LogP contribution >= 0.6 is 0 Å². The topological polar surface area (TPSA) is 47.3 Å². The quantitative estimate of drug-likeness (QED) is 0.860. The molecule has 1 aromatic heterocycles. The summed E-state index contributed by atoms with van der Waals surface area (Å²) in [6, 6.07) is 8.14. The number of hydrogen-bond acceptors (Lipinski definition) is 3. The highest BCUT2D eigenvalue weighted by Gasteiger charge is 2.21. The van der Waals surface area contributed by atoms with E-state index in [0.717, 1.165) is 36.1 Å². The first kappa shape index (κ1) is 14.3. The summed E-state index contributed by atoms with van der Waals surface area (Å²) in [7, 11) is 1.61. The van der Waals surface area contributed by atoms with E-state index in [1.165, 1.54) is 0 Å². The molecule has 0 amide bonds. The van der Waals surface area contributed by atoms with Crippen LogP contribution in [-0.2, 0) is 11.3 Å². The van der Waals surface area contributed by atoms with Gasteiger partial charge in [0, 0.05) is 13.0 Å². The number of nitrogens with zero attached hydrogens (tertiary/aromatic N) is 2. The van der Waals surface area contributed by atoms with E-state index >= 15 is 0 Å². The zero-order valence-corrected chi connectivity index (χ0v) is 12.4. The molecular weight excluding hydrogens is 264 g/mol. The van der Waals surface area contributed by atoms with Crippen LogP contribution in [0.5, 0.6) is 0 Å². The molecule has 2 atom stereocenters. The van der Waals surface area contributed by atoms with Crippen LogP contribution in [0.4, 0.5) is 0 Å². The van der Waals surface area contributed by atoms with E-state index in [-0.39, 0.29) is 0 Å². The first-order chi connectivity index (χ1) is 10.3. The molecule has 21 heavy (non-hydrogen) atoms. The fraction of sp³-hybridized carbons (Fsp3) is 0.471. The Morgan fingerprint density at radius 2 is 2.24 bits per heavy atom. The van der Waals surface area contributed by atoms with Crippen molar-refractivity contribution in [1.29, 1.82) is 0 Å². The summed E-state index contributed by atoms with van der Waals surface area (Å²) in [6.07, 6.45) is 7.23. The van der Waals surface area contributed by atoms with Crippen molar-refractivity contribution >= 4 is 11.0 Å². The van der Waals surface area contributed by atoms with Crippen LogP contribution in [0.3, 0.4) is 0 Å². The fourth-order valence-corrected chi connectivity index (χ4v) is 3.08. The normalized spacial score (nSPS) is 20.0. The summed E-state index contributed by atoms with van der Waals surface area (Å²) in [5, 5.41) is 10.1. The fourth-order valence-electron chi connectivity index (χ4n) is 3.08. The average molecular weight is 286 g/mol. The smallest absolute Gasteiger partial charge is 0.113 e. The number of ether oxygens (including phenoxy) is 1. The molecular formula is C17H22N2O2. The molecule has 0 spiro atoms. The van der Waals surface area contributed by atoms with Crippen molar-refractivity contribution in [3.05, 3.63) is 42.2 Å². The van der Waals surface area contributed by atoms with Gasteiger partial charge in [-0.15, -0.1) is 0 Å². The number of aliphatic hydroxyl groups excluding tert-OH is 1. The predicted molar refractivity (Wildman–Crippen MR) is 83.3 cm³/mol. The molecule has 4 heteroatoms. The Morgan fingerprint density at radius 3 is 3.00 bits per heavy atom. The molecule has 112 valence electrons. The molecule has 1 aliphatic rings. The maximum atomic E-state index is 10.1. The molecule has 1 N–H and O–H groups in total. The van der Waals surface area contributed by atoms with Gasteiger partial charge in [0.25, 0.3) is 0 Å². The minimum Gasteiger partial charge on any atom is -0.389 e. The number of methoxy groups -OCH3 is 1. The van der Waals surface area contributed by atoms with Gasteiger partial charge in [-0.3, -0.25) is 0 Å². The number of imidazole rings is 1. The van der Waals surface area contributed by atoms with Crippen molar-refractivity contribution in [3.8, 4) is 0 Å². The van der Waals surface area contributed by atoms with Gasteiger partial charge in [0.05, 0.1) is 30.3 Å². The van der Waals surface area contributed by atoms with E-state index in [4.69, 9.17) is 9.72 Å². The number of fused-ring (bicyclic) bond motifs is 1. The van der Waals surface area contributed by atoms with Crippen molar-refractivity contribution in [2.75, 3.05) is 13.7 Å². The van der Waals surface area contributed by atoms with Crippen molar-refractivity contribution in [1.82, 2.24) is 9.55 Å². The number of rotatable bonds is 5. The second-order valence-electron chi connectivity index (χ2n) is 5.66. The third kappa shape index (κ3) is 3.01. The lowest BCUT2D eigenvalue weighted by Gasteiger charge is -2.20. The summed E-state index contributed by atoms with van der Waals surface area (Å²) in [4.78, 5) is 4.83. The molecule has 4 nitrogen and oxygen atoms in total. The zero-order chi connectivity index (χ0) is 14.7. The van der Waals surface area contributed by atoms with Gasteiger partial charge < -0.3 is 14.4 Å². The van der Waals surface area contributed by atoms with Gasteiger partial charge in [0.1, 0.15) is 5.82 Å². The Bertz CT molecular complexity index is 633. The lowest BCUT2D eigenvalue weighted by atomic mass is 9.93.